The van der Waals surface area contributed by atoms with Gasteiger partial charge in [0.05, 0.1) is 23.9 Å². The Bertz CT molecular complexity index is 956. The van der Waals surface area contributed by atoms with Crippen molar-refractivity contribution in [3.63, 3.8) is 0 Å². The molecule has 0 saturated carbocycles. The van der Waals surface area contributed by atoms with Crippen LogP contribution >= 0.6 is 23.4 Å². The van der Waals surface area contributed by atoms with Crippen LogP contribution in [0.1, 0.15) is 5.56 Å². The maximum absolute atomic E-state index is 11.7. The number of halogens is 1. The predicted octanol–water partition coefficient (Wildman–Crippen LogP) is 2.41. The third-order valence-electron chi connectivity index (χ3n) is 3.29. The first kappa shape index (κ1) is 18.7. The van der Waals surface area contributed by atoms with Crippen molar-refractivity contribution in [1.29, 1.82) is 0 Å². The van der Waals surface area contributed by atoms with Crippen molar-refractivity contribution in [2.24, 2.45) is 10.2 Å². The summed E-state index contributed by atoms with van der Waals surface area (Å²) in [7, 11) is 1.24. The quantitative estimate of drug-likeness (QED) is 0.365. The lowest BCUT2D eigenvalue weighted by molar-refractivity contribution is -0.135. The van der Waals surface area contributed by atoms with Crippen LogP contribution in [0.5, 0.6) is 0 Å². The van der Waals surface area contributed by atoms with E-state index in [0.29, 0.717) is 10.8 Å². The number of ether oxygens (including phenoxy) is 1. The van der Waals surface area contributed by atoms with E-state index >= 15 is 0 Å². The van der Waals surface area contributed by atoms with E-state index in [-0.39, 0.29) is 10.1 Å². The fourth-order valence-electron chi connectivity index (χ4n) is 2.00. The number of methoxy groups -OCH3 is 1. The first-order valence-electron chi connectivity index (χ1n) is 7.54. The molecule has 1 aromatic carbocycles. The number of esters is 1. The Balaban J connectivity index is 1.65. The first-order valence-corrected chi connectivity index (χ1v) is 8.74. The zero-order valence-corrected chi connectivity index (χ0v) is 15.5. The zero-order chi connectivity index (χ0) is 19.2. The summed E-state index contributed by atoms with van der Waals surface area (Å²) < 4.78 is 4.49. The summed E-state index contributed by atoms with van der Waals surface area (Å²) >= 11 is 6.74. The summed E-state index contributed by atoms with van der Waals surface area (Å²) in [4.78, 5) is 23.1. The molecule has 0 aliphatic carbocycles. The molecule has 0 spiro atoms. The Morgan fingerprint density at radius 2 is 2.00 bits per heavy atom. The number of rotatable bonds is 4. The third-order valence-corrected chi connectivity index (χ3v) is 4.40. The molecular formula is C17H12ClN5O3S. The highest BCUT2D eigenvalue weighted by Gasteiger charge is 2.24. The molecule has 1 aliphatic heterocycles. The Labute approximate surface area is 163 Å². The molecule has 27 heavy (non-hydrogen) atoms. The largest absolute Gasteiger partial charge is 0.466 e. The topological polar surface area (TPSA) is 106 Å². The Morgan fingerprint density at radius 1 is 1.22 bits per heavy atom. The van der Waals surface area contributed by atoms with Gasteiger partial charge in [-0.2, -0.15) is 5.10 Å². The molecule has 1 aliphatic rings. The Kier molecular flexibility index (Phi) is 5.94. The number of aromatic nitrogens is 2. The van der Waals surface area contributed by atoms with Crippen LogP contribution < -0.4 is 5.32 Å². The second-order valence-electron chi connectivity index (χ2n) is 5.10. The highest BCUT2D eigenvalue weighted by molar-refractivity contribution is 8.18. The van der Waals surface area contributed by atoms with E-state index in [2.05, 4.69) is 30.5 Å². The van der Waals surface area contributed by atoms with Gasteiger partial charge in [0.15, 0.2) is 10.3 Å². The number of nitrogens with one attached hydrogen (secondary N) is 1. The number of hydrogen-bond acceptors (Lipinski definition) is 8. The highest BCUT2D eigenvalue weighted by atomic mass is 35.5. The normalized spacial score (nSPS) is 16.9. The Morgan fingerprint density at radius 3 is 2.67 bits per heavy atom. The highest BCUT2D eigenvalue weighted by Crippen LogP contribution is 2.23. The van der Waals surface area contributed by atoms with Crippen LogP contribution in [0.2, 0.25) is 5.15 Å². The van der Waals surface area contributed by atoms with Gasteiger partial charge in [-0.1, -0.05) is 35.9 Å². The minimum Gasteiger partial charge on any atom is -0.466 e. The molecule has 8 nitrogen and oxygen atoms in total. The molecule has 1 amide bonds. The maximum atomic E-state index is 11.7. The first-order chi connectivity index (χ1) is 13.0. The number of hydrogen-bond donors (Lipinski definition) is 1. The second kappa shape index (κ2) is 8.56. The van der Waals surface area contributed by atoms with Crippen LogP contribution in [-0.2, 0) is 14.3 Å². The lowest BCUT2D eigenvalue weighted by Crippen LogP contribution is -2.19. The maximum Gasteiger partial charge on any atom is 0.331 e. The molecule has 2 heterocycles. The molecule has 1 fully saturated rings. The van der Waals surface area contributed by atoms with E-state index in [9.17, 15) is 9.59 Å². The zero-order valence-electron chi connectivity index (χ0n) is 13.9. The van der Waals surface area contributed by atoms with Crippen molar-refractivity contribution >= 4 is 46.6 Å². The number of amidine groups is 1. The molecular weight excluding hydrogens is 390 g/mol. The number of amides is 1. The molecule has 0 radical (unpaired) electrons. The van der Waals surface area contributed by atoms with Gasteiger partial charge in [0.1, 0.15) is 0 Å². The SMILES string of the molecule is COC(=O)/C=C1/S/C(=N\N=Cc2ccc(-c3ccc(Cl)nn3)cc2)NC1=O. The molecule has 10 heteroatoms. The summed E-state index contributed by atoms with van der Waals surface area (Å²) in [6, 6.07) is 10.9. The summed E-state index contributed by atoms with van der Waals surface area (Å²) in [5.74, 6) is -1.03. The third kappa shape index (κ3) is 4.99. The van der Waals surface area contributed by atoms with Crippen molar-refractivity contribution < 1.29 is 14.3 Å². The molecule has 0 unspecified atom stereocenters. The van der Waals surface area contributed by atoms with Gasteiger partial charge in [-0.15, -0.1) is 15.3 Å². The summed E-state index contributed by atoms with van der Waals surface area (Å²) in [5.41, 5.74) is 2.40. The number of carbonyl (C=O) groups excluding carboxylic acids is 2. The summed E-state index contributed by atoms with van der Waals surface area (Å²) in [6.45, 7) is 0. The Hall–Kier alpha value is -3.04. The molecule has 3 rings (SSSR count). The van der Waals surface area contributed by atoms with Crippen LogP contribution in [0.4, 0.5) is 0 Å². The standard InChI is InChI=1S/C17H12ClN5O3S/c1-26-15(24)8-13-16(25)20-17(27-13)23-19-9-10-2-4-11(5-3-10)12-6-7-14(18)22-21-12/h2-9H,1H3,(H,20,23,25)/b13-8+,19-9?. The second-order valence-corrected chi connectivity index (χ2v) is 6.52. The number of benzene rings is 1. The van der Waals surface area contributed by atoms with E-state index in [0.717, 1.165) is 29.0 Å². The average molecular weight is 402 g/mol. The van der Waals surface area contributed by atoms with Gasteiger partial charge in [0.2, 0.25) is 0 Å². The monoisotopic (exact) mass is 401 g/mol. The van der Waals surface area contributed by atoms with Crippen LogP contribution in [0.25, 0.3) is 11.3 Å². The number of thioether (sulfide) groups is 1. The smallest absolute Gasteiger partial charge is 0.331 e. The molecule has 0 bridgehead atoms. The van der Waals surface area contributed by atoms with Crippen molar-refractivity contribution in [3.8, 4) is 11.3 Å². The van der Waals surface area contributed by atoms with E-state index < -0.39 is 11.9 Å². The predicted molar refractivity (Wildman–Crippen MR) is 103 cm³/mol. The average Bonchev–Trinajstić information content (AvgIpc) is 3.02. The molecule has 136 valence electrons. The molecule has 1 aromatic heterocycles. The van der Waals surface area contributed by atoms with Gasteiger partial charge in [0, 0.05) is 11.6 Å². The van der Waals surface area contributed by atoms with Crippen molar-refractivity contribution in [2.45, 2.75) is 0 Å². The van der Waals surface area contributed by atoms with E-state index in [1.54, 1.807) is 18.3 Å². The molecule has 2 aromatic rings. The number of carbonyl (C=O) groups is 2. The summed E-state index contributed by atoms with van der Waals surface area (Å²) in [5, 5.41) is 18.8. The minimum absolute atomic E-state index is 0.198. The minimum atomic E-state index is -0.608. The van der Waals surface area contributed by atoms with Gasteiger partial charge in [-0.3, -0.25) is 10.1 Å². The fourth-order valence-corrected chi connectivity index (χ4v) is 2.84. The van der Waals surface area contributed by atoms with Gasteiger partial charge in [-0.05, 0) is 29.5 Å². The number of nitrogens with zero attached hydrogens (tertiary/aromatic N) is 4. The lowest BCUT2D eigenvalue weighted by atomic mass is 10.1. The summed E-state index contributed by atoms with van der Waals surface area (Å²) in [6.07, 6.45) is 2.64. The lowest BCUT2D eigenvalue weighted by Gasteiger charge is -2.00. The van der Waals surface area contributed by atoms with Crippen molar-refractivity contribution in [2.75, 3.05) is 7.11 Å². The molecule has 1 saturated heterocycles. The van der Waals surface area contributed by atoms with Crippen LogP contribution in [0.15, 0.2) is 57.6 Å². The molecule has 1 N–H and O–H groups in total. The van der Waals surface area contributed by atoms with Crippen LogP contribution in [-0.4, -0.2) is 40.6 Å². The van der Waals surface area contributed by atoms with Gasteiger partial charge in [0.25, 0.3) is 5.91 Å². The fraction of sp³-hybridized carbons (Fsp3) is 0.0588. The van der Waals surface area contributed by atoms with E-state index in [1.807, 2.05) is 24.3 Å². The van der Waals surface area contributed by atoms with Crippen molar-refractivity contribution in [1.82, 2.24) is 15.5 Å². The van der Waals surface area contributed by atoms with Gasteiger partial charge in [-0.25, -0.2) is 4.79 Å². The van der Waals surface area contributed by atoms with Gasteiger partial charge < -0.3 is 4.74 Å². The van der Waals surface area contributed by atoms with E-state index in [4.69, 9.17) is 11.6 Å². The van der Waals surface area contributed by atoms with Crippen molar-refractivity contribution in [3.05, 3.63) is 58.1 Å². The van der Waals surface area contributed by atoms with E-state index in [1.165, 1.54) is 7.11 Å². The van der Waals surface area contributed by atoms with Crippen LogP contribution in [0, 0.1) is 0 Å². The van der Waals surface area contributed by atoms with Crippen LogP contribution in [0.3, 0.4) is 0 Å². The molecule has 0 atom stereocenters. The van der Waals surface area contributed by atoms with Gasteiger partial charge >= 0.3 is 5.97 Å².